The number of carbonyl (C=O) groups excluding carboxylic acids is 2. The van der Waals surface area contributed by atoms with Crippen molar-refractivity contribution >= 4 is 59.8 Å². The smallest absolute Gasteiger partial charge is 0.263 e. The lowest BCUT2D eigenvalue weighted by atomic mass is 10.0. The lowest BCUT2D eigenvalue weighted by Gasteiger charge is -2.17. The standard InChI is InChI=1S/C31H31N5O3S.2ClH/c1-3-35(4-2)28(37)20-39-34-29(22-10-6-5-7-11-22)23-12-8-14-25(18-23)33-30(38)26-15-17-36-27(26)21-40-31(36)24-13-9-16-32-19-24;;/h5-19,31H,3-4,20-21H2,1-2H3,(H,33,38);2*1H/b34-29-;;. The van der Waals surface area contributed by atoms with Crippen LogP contribution in [-0.4, -0.2) is 51.7 Å². The summed E-state index contributed by atoms with van der Waals surface area (Å²) in [5, 5.41) is 7.51. The van der Waals surface area contributed by atoms with Gasteiger partial charge in [-0.3, -0.25) is 14.6 Å². The van der Waals surface area contributed by atoms with E-state index in [2.05, 4.69) is 26.1 Å². The third-order valence-electron chi connectivity index (χ3n) is 6.77. The van der Waals surface area contributed by atoms with Crippen LogP contribution in [0.3, 0.4) is 0 Å². The van der Waals surface area contributed by atoms with Gasteiger partial charge in [0.2, 0.25) is 0 Å². The SMILES string of the molecule is CCN(CC)C(=O)CO/N=C(/c1ccccc1)c1cccc(NC(=O)c2ccn3c2CSC3c2cccnc2)c1.Cl.Cl. The Balaban J connectivity index is 0.00000242. The van der Waals surface area contributed by atoms with Gasteiger partial charge in [-0.15, -0.1) is 36.6 Å². The Morgan fingerprint density at radius 1 is 1.02 bits per heavy atom. The van der Waals surface area contributed by atoms with Gasteiger partial charge in [0.1, 0.15) is 11.1 Å². The average Bonchev–Trinajstić information content (AvgIpc) is 3.60. The lowest BCUT2D eigenvalue weighted by molar-refractivity contribution is -0.135. The molecular weight excluding hydrogens is 593 g/mol. The molecule has 0 spiro atoms. The molecule has 1 aliphatic heterocycles. The van der Waals surface area contributed by atoms with Gasteiger partial charge in [-0.1, -0.05) is 53.7 Å². The van der Waals surface area contributed by atoms with Crippen molar-refractivity contribution < 1.29 is 14.4 Å². The Bertz CT molecular complexity index is 1510. The number of benzene rings is 2. The van der Waals surface area contributed by atoms with Crippen LogP contribution in [-0.2, 0) is 15.4 Å². The molecule has 0 saturated carbocycles. The number of thioether (sulfide) groups is 1. The third-order valence-corrected chi connectivity index (χ3v) is 8.03. The topological polar surface area (TPSA) is 88.8 Å². The number of oxime groups is 1. The van der Waals surface area contributed by atoms with Crippen LogP contribution in [0.5, 0.6) is 0 Å². The lowest BCUT2D eigenvalue weighted by Crippen LogP contribution is -2.33. The van der Waals surface area contributed by atoms with Gasteiger partial charge in [0.05, 0.1) is 5.56 Å². The Hall–Kier alpha value is -3.79. The van der Waals surface area contributed by atoms with Crippen molar-refractivity contribution in [3.05, 3.63) is 119 Å². The molecule has 4 aromatic rings. The molecule has 1 N–H and O–H groups in total. The number of amides is 2. The monoisotopic (exact) mass is 625 g/mol. The van der Waals surface area contributed by atoms with Gasteiger partial charge in [-0.25, -0.2) is 0 Å². The first kappa shape index (κ1) is 32.7. The molecule has 5 rings (SSSR count). The molecule has 1 aliphatic rings. The number of hydrogen-bond acceptors (Lipinski definition) is 6. The van der Waals surface area contributed by atoms with E-state index in [0.29, 0.717) is 30.1 Å². The molecule has 0 bridgehead atoms. The molecule has 1 unspecified atom stereocenters. The van der Waals surface area contributed by atoms with Crippen LogP contribution >= 0.6 is 36.6 Å². The minimum absolute atomic E-state index is 0. The Morgan fingerprint density at radius 3 is 2.50 bits per heavy atom. The van der Waals surface area contributed by atoms with Crippen LogP contribution < -0.4 is 5.32 Å². The first-order chi connectivity index (χ1) is 19.6. The van der Waals surface area contributed by atoms with Gasteiger partial charge in [0.25, 0.3) is 11.8 Å². The number of halogens is 2. The maximum Gasteiger partial charge on any atom is 0.263 e. The number of aromatic nitrogens is 2. The van der Waals surface area contributed by atoms with Crippen molar-refractivity contribution in [3.63, 3.8) is 0 Å². The highest BCUT2D eigenvalue weighted by molar-refractivity contribution is 7.99. The van der Waals surface area contributed by atoms with Gasteiger partial charge in [-0.05, 0) is 38.1 Å². The highest BCUT2D eigenvalue weighted by atomic mass is 35.5. The fourth-order valence-corrected chi connectivity index (χ4v) is 6.02. The summed E-state index contributed by atoms with van der Waals surface area (Å²) in [6.45, 7) is 4.94. The van der Waals surface area contributed by atoms with E-state index in [4.69, 9.17) is 4.84 Å². The third kappa shape index (κ3) is 7.34. The molecule has 0 aliphatic carbocycles. The van der Waals surface area contributed by atoms with E-state index in [9.17, 15) is 9.59 Å². The van der Waals surface area contributed by atoms with E-state index in [0.717, 1.165) is 28.1 Å². The van der Waals surface area contributed by atoms with Gasteiger partial charge in [0.15, 0.2) is 6.61 Å². The molecule has 0 fully saturated rings. The zero-order chi connectivity index (χ0) is 27.9. The predicted molar refractivity (Wildman–Crippen MR) is 173 cm³/mol. The largest absolute Gasteiger partial charge is 0.385 e. The number of likely N-dealkylation sites (N-methyl/N-ethyl adjacent to an activating group) is 1. The van der Waals surface area contributed by atoms with Crippen molar-refractivity contribution in [1.82, 2.24) is 14.5 Å². The van der Waals surface area contributed by atoms with Crippen molar-refractivity contribution in [2.24, 2.45) is 5.16 Å². The molecule has 11 heteroatoms. The van der Waals surface area contributed by atoms with Crippen molar-refractivity contribution in [3.8, 4) is 0 Å². The first-order valence-electron chi connectivity index (χ1n) is 13.2. The maximum absolute atomic E-state index is 13.4. The van der Waals surface area contributed by atoms with Crippen molar-refractivity contribution in [2.45, 2.75) is 25.0 Å². The molecular formula is C31H33Cl2N5O3S. The average molecular weight is 627 g/mol. The van der Waals surface area contributed by atoms with E-state index in [1.807, 2.05) is 93.0 Å². The molecule has 2 aromatic heterocycles. The minimum Gasteiger partial charge on any atom is -0.385 e. The van der Waals surface area contributed by atoms with Gasteiger partial charge in [-0.2, -0.15) is 0 Å². The molecule has 2 aromatic carbocycles. The zero-order valence-electron chi connectivity index (χ0n) is 23.3. The molecule has 2 amide bonds. The quantitative estimate of drug-likeness (QED) is 0.162. The van der Waals surface area contributed by atoms with Gasteiger partial charge < -0.3 is 19.6 Å². The summed E-state index contributed by atoms with van der Waals surface area (Å²) in [5.74, 6) is 0.452. The first-order valence-corrected chi connectivity index (χ1v) is 14.3. The van der Waals surface area contributed by atoms with E-state index in [1.165, 1.54) is 0 Å². The Labute approximate surface area is 262 Å². The van der Waals surface area contributed by atoms with Crippen LogP contribution in [0, 0.1) is 0 Å². The number of anilines is 1. The molecule has 0 radical (unpaired) electrons. The van der Waals surface area contributed by atoms with Crippen molar-refractivity contribution in [1.29, 1.82) is 0 Å². The number of nitrogens with one attached hydrogen (secondary N) is 1. The molecule has 0 saturated heterocycles. The summed E-state index contributed by atoms with van der Waals surface area (Å²) < 4.78 is 2.14. The van der Waals surface area contributed by atoms with E-state index in [1.54, 1.807) is 22.9 Å². The molecule has 220 valence electrons. The van der Waals surface area contributed by atoms with Crippen LogP contribution in [0.4, 0.5) is 5.69 Å². The van der Waals surface area contributed by atoms with Crippen molar-refractivity contribution in [2.75, 3.05) is 25.0 Å². The summed E-state index contributed by atoms with van der Waals surface area (Å²) >= 11 is 1.77. The van der Waals surface area contributed by atoms with E-state index in [-0.39, 0.29) is 48.6 Å². The summed E-state index contributed by atoms with van der Waals surface area (Å²) in [5.41, 5.74) is 5.56. The molecule has 8 nitrogen and oxygen atoms in total. The van der Waals surface area contributed by atoms with Gasteiger partial charge >= 0.3 is 0 Å². The number of hydrogen-bond donors (Lipinski definition) is 1. The Morgan fingerprint density at radius 2 is 1.79 bits per heavy atom. The molecule has 1 atom stereocenters. The summed E-state index contributed by atoms with van der Waals surface area (Å²) in [6.07, 6.45) is 5.60. The summed E-state index contributed by atoms with van der Waals surface area (Å²) in [4.78, 5) is 37.2. The second kappa shape index (κ2) is 15.4. The van der Waals surface area contributed by atoms with Crippen LogP contribution in [0.2, 0.25) is 0 Å². The maximum atomic E-state index is 13.4. The zero-order valence-corrected chi connectivity index (χ0v) is 25.8. The number of rotatable bonds is 10. The van der Waals surface area contributed by atoms with E-state index < -0.39 is 0 Å². The fourth-order valence-electron chi connectivity index (χ4n) is 4.71. The number of nitrogens with zero attached hydrogens (tertiary/aromatic N) is 4. The van der Waals surface area contributed by atoms with Crippen LogP contribution in [0.1, 0.15) is 52.0 Å². The summed E-state index contributed by atoms with van der Waals surface area (Å²) in [7, 11) is 0. The predicted octanol–water partition coefficient (Wildman–Crippen LogP) is 6.41. The molecule has 42 heavy (non-hydrogen) atoms. The van der Waals surface area contributed by atoms with Crippen LogP contribution in [0.25, 0.3) is 0 Å². The summed E-state index contributed by atoms with van der Waals surface area (Å²) in [6, 6.07) is 23.0. The number of pyridine rings is 1. The highest BCUT2D eigenvalue weighted by Gasteiger charge is 2.28. The second-order valence-electron chi connectivity index (χ2n) is 9.21. The fraction of sp³-hybridized carbons (Fsp3) is 0.226. The normalized spacial score (nSPS) is 13.8. The molecule has 3 heterocycles. The van der Waals surface area contributed by atoms with E-state index >= 15 is 0 Å². The van der Waals surface area contributed by atoms with Gasteiger partial charge in [0, 0.05) is 65.5 Å². The second-order valence-corrected chi connectivity index (χ2v) is 10.3. The van der Waals surface area contributed by atoms with Crippen LogP contribution in [0.15, 0.2) is 96.5 Å². The highest BCUT2D eigenvalue weighted by Crippen LogP contribution is 2.42. The number of carbonyl (C=O) groups is 2. The Kier molecular flexibility index (Phi) is 12.0. The number of fused-ring (bicyclic) bond motifs is 1. The minimum atomic E-state index is -0.169.